The first-order chi connectivity index (χ1) is 15.5. The Balaban J connectivity index is 3.08. The fraction of sp³-hybridized carbons (Fsp3) is 0.565. The summed E-state index contributed by atoms with van der Waals surface area (Å²) in [4.78, 5) is 49.7. The highest BCUT2D eigenvalue weighted by atomic mass is 16.4. The fourth-order valence-electron chi connectivity index (χ4n) is 3.16. The van der Waals surface area contributed by atoms with E-state index in [1.807, 2.05) is 19.9 Å². The van der Waals surface area contributed by atoms with Crippen LogP contribution in [0.1, 0.15) is 39.7 Å². The molecule has 0 spiro atoms. The van der Waals surface area contributed by atoms with Crippen molar-refractivity contribution < 1.29 is 29.4 Å². The van der Waals surface area contributed by atoms with Gasteiger partial charge < -0.3 is 31.9 Å². The molecular formula is C23H36N4O6. The standard InChI is InChI=1S/C23H36N4O6/c1-13(2)10-17(22(31)27-19(14(3)4)23(32)33)26-21(30)18(25-20(29)16(24)12-28)11-15-8-6-5-7-9-15/h5-9,13-14,16-19,28H,10-12,24H2,1-4H3,(H,25,29)(H,26,30)(H,27,31)(H,32,33). The molecule has 0 aliphatic heterocycles. The molecule has 4 atom stereocenters. The van der Waals surface area contributed by atoms with Gasteiger partial charge in [-0.3, -0.25) is 14.4 Å². The minimum absolute atomic E-state index is 0.0216. The molecule has 1 rings (SSSR count). The second-order valence-corrected chi connectivity index (χ2v) is 8.80. The zero-order chi connectivity index (χ0) is 25.1. The highest BCUT2D eigenvalue weighted by Gasteiger charge is 2.31. The van der Waals surface area contributed by atoms with Crippen molar-refractivity contribution in [2.24, 2.45) is 17.6 Å². The van der Waals surface area contributed by atoms with Gasteiger partial charge in [0.25, 0.3) is 0 Å². The molecule has 1 aromatic rings. The molecule has 0 saturated carbocycles. The Kier molecular flexibility index (Phi) is 11.5. The van der Waals surface area contributed by atoms with E-state index in [-0.39, 0.29) is 24.7 Å². The summed E-state index contributed by atoms with van der Waals surface area (Å²) in [6.07, 6.45) is 0.403. The molecule has 0 radical (unpaired) electrons. The van der Waals surface area contributed by atoms with Gasteiger partial charge in [0.05, 0.1) is 6.61 Å². The number of aliphatic hydroxyl groups is 1. The summed E-state index contributed by atoms with van der Waals surface area (Å²) >= 11 is 0. The van der Waals surface area contributed by atoms with E-state index in [0.717, 1.165) is 5.56 Å². The minimum atomic E-state index is -1.20. The van der Waals surface area contributed by atoms with Crippen LogP contribution in [-0.4, -0.2) is 64.7 Å². The number of aliphatic carboxylic acids is 1. The number of amides is 3. The number of rotatable bonds is 13. The first kappa shape index (κ1) is 28.1. The summed E-state index contributed by atoms with van der Waals surface area (Å²) in [7, 11) is 0. The van der Waals surface area contributed by atoms with E-state index < -0.39 is 54.5 Å². The summed E-state index contributed by atoms with van der Waals surface area (Å²) < 4.78 is 0. The zero-order valence-corrected chi connectivity index (χ0v) is 19.6. The minimum Gasteiger partial charge on any atom is -0.480 e. The number of aliphatic hydroxyl groups excluding tert-OH is 1. The number of carboxylic acids is 1. The highest BCUT2D eigenvalue weighted by molar-refractivity contribution is 5.94. The predicted octanol–water partition coefficient (Wildman–Crippen LogP) is -0.210. The SMILES string of the molecule is CC(C)CC(NC(=O)C(Cc1ccccc1)NC(=O)C(N)CO)C(=O)NC(C(=O)O)C(C)C. The topological polar surface area (TPSA) is 171 Å². The van der Waals surface area contributed by atoms with E-state index in [2.05, 4.69) is 16.0 Å². The summed E-state index contributed by atoms with van der Waals surface area (Å²) in [5.41, 5.74) is 6.34. The van der Waals surface area contributed by atoms with Gasteiger partial charge in [0, 0.05) is 6.42 Å². The van der Waals surface area contributed by atoms with Crippen molar-refractivity contribution in [2.45, 2.75) is 64.7 Å². The number of nitrogens with two attached hydrogens (primary N) is 1. The second kappa shape index (κ2) is 13.5. The molecule has 0 saturated heterocycles. The van der Waals surface area contributed by atoms with Crippen molar-refractivity contribution in [1.82, 2.24) is 16.0 Å². The summed E-state index contributed by atoms with van der Waals surface area (Å²) in [6, 6.07) is 4.61. The zero-order valence-electron chi connectivity index (χ0n) is 19.6. The van der Waals surface area contributed by atoms with Crippen LogP contribution in [0.15, 0.2) is 30.3 Å². The number of benzene rings is 1. The number of hydrogen-bond donors (Lipinski definition) is 6. The quantitative estimate of drug-likeness (QED) is 0.234. The van der Waals surface area contributed by atoms with Gasteiger partial charge >= 0.3 is 5.97 Å². The van der Waals surface area contributed by atoms with Crippen LogP contribution in [-0.2, 0) is 25.6 Å². The van der Waals surface area contributed by atoms with Gasteiger partial charge in [-0.05, 0) is 23.8 Å². The summed E-state index contributed by atoms with van der Waals surface area (Å²) in [5.74, 6) is -3.44. The van der Waals surface area contributed by atoms with Crippen molar-refractivity contribution >= 4 is 23.7 Å². The third kappa shape index (κ3) is 9.58. The lowest BCUT2D eigenvalue weighted by atomic mass is 9.99. The Morgan fingerprint density at radius 1 is 0.879 bits per heavy atom. The van der Waals surface area contributed by atoms with Crippen molar-refractivity contribution in [3.63, 3.8) is 0 Å². The van der Waals surface area contributed by atoms with Gasteiger partial charge in [-0.2, -0.15) is 0 Å². The molecule has 10 nitrogen and oxygen atoms in total. The molecule has 10 heteroatoms. The number of carbonyl (C=O) groups is 4. The predicted molar refractivity (Wildman–Crippen MR) is 123 cm³/mol. The number of carbonyl (C=O) groups excluding carboxylic acids is 3. The normalized spacial score (nSPS) is 14.8. The van der Waals surface area contributed by atoms with E-state index >= 15 is 0 Å². The molecule has 0 fully saturated rings. The monoisotopic (exact) mass is 464 g/mol. The van der Waals surface area contributed by atoms with Gasteiger partial charge in [-0.15, -0.1) is 0 Å². The highest BCUT2D eigenvalue weighted by Crippen LogP contribution is 2.10. The van der Waals surface area contributed by atoms with Crippen LogP contribution in [0.2, 0.25) is 0 Å². The molecule has 0 aliphatic carbocycles. The Labute approximate surface area is 194 Å². The molecule has 184 valence electrons. The van der Waals surface area contributed by atoms with E-state index in [1.54, 1.807) is 38.1 Å². The lowest BCUT2D eigenvalue weighted by Gasteiger charge is -2.27. The Morgan fingerprint density at radius 2 is 1.42 bits per heavy atom. The maximum absolute atomic E-state index is 13.1. The summed E-state index contributed by atoms with van der Waals surface area (Å²) in [6.45, 7) is 6.49. The molecule has 1 aromatic carbocycles. The molecule has 0 bridgehead atoms. The van der Waals surface area contributed by atoms with Crippen LogP contribution in [0.4, 0.5) is 0 Å². The molecular weight excluding hydrogens is 428 g/mol. The molecule has 0 aromatic heterocycles. The van der Waals surface area contributed by atoms with E-state index in [1.165, 1.54) is 0 Å². The molecule has 7 N–H and O–H groups in total. The van der Waals surface area contributed by atoms with Crippen LogP contribution in [0, 0.1) is 11.8 Å². The first-order valence-corrected chi connectivity index (χ1v) is 11.0. The van der Waals surface area contributed by atoms with Crippen LogP contribution in [0.3, 0.4) is 0 Å². The first-order valence-electron chi connectivity index (χ1n) is 11.0. The number of nitrogens with one attached hydrogen (secondary N) is 3. The van der Waals surface area contributed by atoms with Crippen LogP contribution in [0.25, 0.3) is 0 Å². The summed E-state index contributed by atoms with van der Waals surface area (Å²) in [5, 5.41) is 26.2. The fourth-order valence-corrected chi connectivity index (χ4v) is 3.16. The van der Waals surface area contributed by atoms with Crippen LogP contribution in [0.5, 0.6) is 0 Å². The van der Waals surface area contributed by atoms with E-state index in [4.69, 9.17) is 10.8 Å². The largest absolute Gasteiger partial charge is 0.480 e. The Hall–Kier alpha value is -2.98. The molecule has 3 amide bonds. The van der Waals surface area contributed by atoms with Crippen LogP contribution >= 0.6 is 0 Å². The lowest BCUT2D eigenvalue weighted by Crippen LogP contribution is -2.58. The third-order valence-electron chi connectivity index (χ3n) is 5.02. The van der Waals surface area contributed by atoms with E-state index in [9.17, 15) is 24.3 Å². The maximum atomic E-state index is 13.1. The molecule has 0 heterocycles. The van der Waals surface area contributed by atoms with Gasteiger partial charge in [-0.1, -0.05) is 58.0 Å². The lowest BCUT2D eigenvalue weighted by molar-refractivity contribution is -0.143. The Bertz CT molecular complexity index is 799. The maximum Gasteiger partial charge on any atom is 0.326 e. The smallest absolute Gasteiger partial charge is 0.326 e. The second-order valence-electron chi connectivity index (χ2n) is 8.80. The van der Waals surface area contributed by atoms with Gasteiger partial charge in [0.2, 0.25) is 17.7 Å². The van der Waals surface area contributed by atoms with Crippen molar-refractivity contribution in [2.75, 3.05) is 6.61 Å². The molecule has 0 aliphatic rings. The molecule has 4 unspecified atom stereocenters. The van der Waals surface area contributed by atoms with Gasteiger partial charge in [-0.25, -0.2) is 4.79 Å². The van der Waals surface area contributed by atoms with Crippen molar-refractivity contribution in [3.05, 3.63) is 35.9 Å². The van der Waals surface area contributed by atoms with Gasteiger partial charge in [0.1, 0.15) is 24.2 Å². The molecule has 33 heavy (non-hydrogen) atoms. The van der Waals surface area contributed by atoms with Crippen molar-refractivity contribution in [1.29, 1.82) is 0 Å². The number of carboxylic acid groups (broad SMARTS) is 1. The van der Waals surface area contributed by atoms with E-state index in [0.29, 0.717) is 0 Å². The van der Waals surface area contributed by atoms with Crippen LogP contribution < -0.4 is 21.7 Å². The van der Waals surface area contributed by atoms with Gasteiger partial charge in [0.15, 0.2) is 0 Å². The average Bonchev–Trinajstić information content (AvgIpc) is 2.75. The Morgan fingerprint density at radius 3 is 1.91 bits per heavy atom. The van der Waals surface area contributed by atoms with Crippen molar-refractivity contribution in [3.8, 4) is 0 Å². The average molecular weight is 465 g/mol. The number of hydrogen-bond acceptors (Lipinski definition) is 6. The third-order valence-corrected chi connectivity index (χ3v) is 5.02.